The molecule has 88 valence electrons. The number of hydrogen-bond donors (Lipinski definition) is 1. The van der Waals surface area contributed by atoms with Crippen LogP contribution >= 0.6 is 15.9 Å². The molecule has 0 radical (unpaired) electrons. The van der Waals surface area contributed by atoms with Crippen LogP contribution in [0.1, 0.15) is 35.7 Å². The minimum Gasteiger partial charge on any atom is -0.491 e. The van der Waals surface area contributed by atoms with E-state index in [0.29, 0.717) is 22.5 Å². The molecule has 1 aromatic rings. The number of pyridine rings is 1. The molecule has 0 bridgehead atoms. The highest BCUT2D eigenvalue weighted by Gasteiger charge is 2.17. The summed E-state index contributed by atoms with van der Waals surface area (Å²) in [5.41, 5.74) is 0.763. The van der Waals surface area contributed by atoms with Gasteiger partial charge in [0.15, 0.2) is 5.75 Å². The average Bonchev–Trinajstić information content (AvgIpc) is 2.23. The zero-order valence-electron chi connectivity index (χ0n) is 9.29. The van der Waals surface area contributed by atoms with Crippen molar-refractivity contribution in [3.8, 4) is 5.75 Å². The van der Waals surface area contributed by atoms with Crippen molar-refractivity contribution in [3.63, 3.8) is 0 Å². The van der Waals surface area contributed by atoms with E-state index in [1.165, 1.54) is 6.20 Å². The number of hydrogen-bond acceptors (Lipinski definition) is 3. The van der Waals surface area contributed by atoms with Gasteiger partial charge >= 0.3 is 5.97 Å². The summed E-state index contributed by atoms with van der Waals surface area (Å²) >= 11 is 3.20. The number of ether oxygens (including phenoxy) is 1. The van der Waals surface area contributed by atoms with Gasteiger partial charge in [-0.15, -0.1) is 0 Å². The molecule has 0 atom stereocenters. The van der Waals surface area contributed by atoms with Crippen LogP contribution in [0.25, 0.3) is 0 Å². The van der Waals surface area contributed by atoms with E-state index in [-0.39, 0.29) is 5.56 Å². The molecule has 0 saturated carbocycles. The van der Waals surface area contributed by atoms with Crippen LogP contribution in [0.15, 0.2) is 10.8 Å². The molecule has 0 spiro atoms. The first kappa shape index (κ1) is 13.0. The maximum atomic E-state index is 11.1. The Morgan fingerprint density at radius 1 is 1.62 bits per heavy atom. The Morgan fingerprint density at radius 3 is 2.88 bits per heavy atom. The fraction of sp³-hybridized carbons (Fsp3) is 0.455. The molecule has 1 rings (SSSR count). The first-order valence-electron chi connectivity index (χ1n) is 5.09. The normalized spacial score (nSPS) is 10.2. The van der Waals surface area contributed by atoms with E-state index in [4.69, 9.17) is 9.84 Å². The summed E-state index contributed by atoms with van der Waals surface area (Å²) in [5.74, 6) is -0.659. The second-order valence-corrected chi connectivity index (χ2v) is 4.17. The number of carboxylic acids is 1. The first-order valence-corrected chi connectivity index (χ1v) is 5.88. The molecule has 1 aromatic heterocycles. The molecule has 0 aliphatic heterocycles. The number of unbranched alkanes of at least 4 members (excludes halogenated alkanes) is 1. The summed E-state index contributed by atoms with van der Waals surface area (Å²) in [4.78, 5) is 15.1. The van der Waals surface area contributed by atoms with Crippen molar-refractivity contribution in [3.05, 3.63) is 21.9 Å². The minimum absolute atomic E-state index is 0.179. The van der Waals surface area contributed by atoms with E-state index in [1.54, 1.807) is 6.92 Å². The topological polar surface area (TPSA) is 59.4 Å². The van der Waals surface area contributed by atoms with Gasteiger partial charge in [-0.1, -0.05) is 13.3 Å². The maximum Gasteiger partial charge on any atom is 0.339 e. The standard InChI is InChI=1S/C11H14BrNO3/c1-3-4-5-16-8-6-13-10(12)7(2)9(8)11(14)15/h6H,3-5H2,1-2H3,(H,14,15). The highest BCUT2D eigenvalue weighted by Crippen LogP contribution is 2.26. The molecule has 0 saturated heterocycles. The molecule has 0 aliphatic rings. The minimum atomic E-state index is -0.993. The largest absolute Gasteiger partial charge is 0.491 e. The van der Waals surface area contributed by atoms with E-state index >= 15 is 0 Å². The Morgan fingerprint density at radius 2 is 2.31 bits per heavy atom. The second-order valence-electron chi connectivity index (χ2n) is 3.42. The number of carbonyl (C=O) groups is 1. The summed E-state index contributed by atoms with van der Waals surface area (Å²) in [5, 5.41) is 9.10. The van der Waals surface area contributed by atoms with Crippen LogP contribution in [-0.4, -0.2) is 22.7 Å². The number of nitrogens with zero attached hydrogens (tertiary/aromatic N) is 1. The van der Waals surface area contributed by atoms with Gasteiger partial charge in [0, 0.05) is 5.56 Å². The van der Waals surface area contributed by atoms with Crippen LogP contribution in [0.2, 0.25) is 0 Å². The fourth-order valence-corrected chi connectivity index (χ4v) is 1.57. The van der Waals surface area contributed by atoms with E-state index in [1.807, 2.05) is 6.92 Å². The summed E-state index contributed by atoms with van der Waals surface area (Å²) in [6.07, 6.45) is 3.34. The fourth-order valence-electron chi connectivity index (χ4n) is 1.27. The van der Waals surface area contributed by atoms with Crippen LogP contribution in [0, 0.1) is 6.92 Å². The average molecular weight is 288 g/mol. The molecule has 0 fully saturated rings. The monoisotopic (exact) mass is 287 g/mol. The van der Waals surface area contributed by atoms with Gasteiger partial charge in [0.1, 0.15) is 10.2 Å². The summed E-state index contributed by atoms with van der Waals surface area (Å²) in [6, 6.07) is 0. The molecule has 5 heteroatoms. The number of aromatic carboxylic acids is 1. The number of carboxylic acid groups (broad SMARTS) is 1. The van der Waals surface area contributed by atoms with E-state index in [0.717, 1.165) is 12.8 Å². The highest BCUT2D eigenvalue weighted by atomic mass is 79.9. The van der Waals surface area contributed by atoms with Crippen LogP contribution in [-0.2, 0) is 0 Å². The van der Waals surface area contributed by atoms with Crippen LogP contribution in [0.5, 0.6) is 5.75 Å². The van der Waals surface area contributed by atoms with Crippen molar-refractivity contribution in [1.29, 1.82) is 0 Å². The lowest BCUT2D eigenvalue weighted by Gasteiger charge is -2.11. The predicted octanol–water partition coefficient (Wildman–Crippen LogP) is 3.03. The number of halogens is 1. The molecule has 0 aliphatic carbocycles. The molecule has 1 heterocycles. The van der Waals surface area contributed by atoms with Gasteiger partial charge in [0.2, 0.25) is 0 Å². The molecule has 4 nitrogen and oxygen atoms in total. The van der Waals surface area contributed by atoms with E-state index < -0.39 is 5.97 Å². The number of aromatic nitrogens is 1. The van der Waals surface area contributed by atoms with Crippen molar-refractivity contribution >= 4 is 21.9 Å². The SMILES string of the molecule is CCCCOc1cnc(Br)c(C)c1C(=O)O. The Kier molecular flexibility index (Phi) is 4.73. The predicted molar refractivity (Wildman–Crippen MR) is 64.0 cm³/mol. The van der Waals surface area contributed by atoms with Crippen LogP contribution < -0.4 is 4.74 Å². The third-order valence-electron chi connectivity index (χ3n) is 2.20. The molecular formula is C11H14BrNO3. The smallest absolute Gasteiger partial charge is 0.339 e. The Bertz CT molecular complexity index is 393. The Hall–Kier alpha value is -1.10. The van der Waals surface area contributed by atoms with Gasteiger partial charge in [-0.3, -0.25) is 0 Å². The van der Waals surface area contributed by atoms with Crippen LogP contribution in [0.3, 0.4) is 0 Å². The molecule has 0 amide bonds. The Labute approximate surface area is 103 Å². The maximum absolute atomic E-state index is 11.1. The van der Waals surface area contributed by atoms with E-state index in [9.17, 15) is 4.79 Å². The summed E-state index contributed by atoms with van der Waals surface area (Å²) < 4.78 is 5.95. The summed E-state index contributed by atoms with van der Waals surface area (Å²) in [7, 11) is 0. The lowest BCUT2D eigenvalue weighted by Crippen LogP contribution is -2.07. The van der Waals surface area contributed by atoms with Gasteiger partial charge in [-0.2, -0.15) is 0 Å². The summed E-state index contributed by atoms with van der Waals surface area (Å²) in [6.45, 7) is 4.26. The van der Waals surface area contributed by atoms with Gasteiger partial charge < -0.3 is 9.84 Å². The zero-order valence-corrected chi connectivity index (χ0v) is 10.9. The van der Waals surface area contributed by atoms with E-state index in [2.05, 4.69) is 20.9 Å². The third kappa shape index (κ3) is 2.95. The van der Waals surface area contributed by atoms with Crippen molar-refractivity contribution in [2.75, 3.05) is 6.61 Å². The molecule has 0 unspecified atom stereocenters. The van der Waals surface area contributed by atoms with Gasteiger partial charge in [0.05, 0.1) is 12.8 Å². The third-order valence-corrected chi connectivity index (χ3v) is 2.99. The van der Waals surface area contributed by atoms with Crippen molar-refractivity contribution in [2.45, 2.75) is 26.7 Å². The van der Waals surface area contributed by atoms with Crippen molar-refractivity contribution < 1.29 is 14.6 Å². The molecule has 1 N–H and O–H groups in total. The lowest BCUT2D eigenvalue weighted by molar-refractivity contribution is 0.0691. The molecule has 16 heavy (non-hydrogen) atoms. The number of rotatable bonds is 5. The zero-order chi connectivity index (χ0) is 12.1. The lowest BCUT2D eigenvalue weighted by atomic mass is 10.1. The molecule has 0 aromatic carbocycles. The van der Waals surface area contributed by atoms with Crippen molar-refractivity contribution in [1.82, 2.24) is 4.98 Å². The molecular weight excluding hydrogens is 274 g/mol. The Balaban J connectivity index is 2.99. The quantitative estimate of drug-likeness (QED) is 0.668. The van der Waals surface area contributed by atoms with Gasteiger partial charge in [-0.05, 0) is 29.3 Å². The van der Waals surface area contributed by atoms with Gasteiger partial charge in [-0.25, -0.2) is 9.78 Å². The first-order chi connectivity index (χ1) is 7.57. The van der Waals surface area contributed by atoms with Crippen LogP contribution in [0.4, 0.5) is 0 Å². The highest BCUT2D eigenvalue weighted by molar-refractivity contribution is 9.10. The van der Waals surface area contributed by atoms with Gasteiger partial charge in [0.25, 0.3) is 0 Å². The van der Waals surface area contributed by atoms with Crippen molar-refractivity contribution in [2.24, 2.45) is 0 Å². The second kappa shape index (κ2) is 5.84.